The van der Waals surface area contributed by atoms with Crippen molar-refractivity contribution < 1.29 is 9.66 Å². The van der Waals surface area contributed by atoms with Crippen LogP contribution in [0.25, 0.3) is 0 Å². The van der Waals surface area contributed by atoms with Gasteiger partial charge in [0, 0.05) is 43.5 Å². The molecule has 0 spiro atoms. The summed E-state index contributed by atoms with van der Waals surface area (Å²) in [5.41, 5.74) is 1.04. The largest absolute Gasteiger partial charge is 0.490 e. The maximum Gasteiger partial charge on any atom is 0.311 e. The summed E-state index contributed by atoms with van der Waals surface area (Å²) in [4.78, 5) is 15.4. The predicted octanol–water partition coefficient (Wildman–Crippen LogP) is 1.89. The molecule has 0 saturated carbocycles. The lowest BCUT2D eigenvalue weighted by Gasteiger charge is -2.38. The van der Waals surface area contributed by atoms with Crippen LogP contribution in [-0.2, 0) is 0 Å². The number of hydrogen-bond acceptors (Lipinski definition) is 5. The second-order valence-electron chi connectivity index (χ2n) is 5.39. The third-order valence-corrected chi connectivity index (χ3v) is 4.31. The molecule has 0 aromatic heterocycles. The Morgan fingerprint density at radius 1 is 1.35 bits per heavy atom. The van der Waals surface area contributed by atoms with Crippen molar-refractivity contribution in [3.8, 4) is 5.75 Å². The SMILES string of the molecule is COc1cc(N2CCN3CCCC3C2)ccc1[N+](=O)[O-]. The molecule has 108 valence electrons. The molecule has 1 atom stereocenters. The first-order valence-corrected chi connectivity index (χ1v) is 7.00. The van der Waals surface area contributed by atoms with E-state index in [0.29, 0.717) is 11.8 Å². The van der Waals surface area contributed by atoms with Gasteiger partial charge in [-0.1, -0.05) is 0 Å². The lowest BCUT2D eigenvalue weighted by Crippen LogP contribution is -2.50. The van der Waals surface area contributed by atoms with E-state index in [2.05, 4.69) is 9.80 Å². The van der Waals surface area contributed by atoms with E-state index in [0.717, 1.165) is 25.3 Å². The van der Waals surface area contributed by atoms with Gasteiger partial charge in [0.15, 0.2) is 5.75 Å². The fourth-order valence-electron chi connectivity index (χ4n) is 3.24. The Balaban J connectivity index is 1.81. The van der Waals surface area contributed by atoms with Gasteiger partial charge in [-0.05, 0) is 25.5 Å². The van der Waals surface area contributed by atoms with Gasteiger partial charge in [0.1, 0.15) is 0 Å². The second-order valence-corrected chi connectivity index (χ2v) is 5.39. The smallest absolute Gasteiger partial charge is 0.311 e. The standard InChI is InChI=1S/C14H19N3O3/c1-20-14-9-11(4-5-13(14)17(18)19)16-8-7-15-6-2-3-12(15)10-16/h4-5,9,12H,2-3,6-8,10H2,1H3. The molecule has 0 radical (unpaired) electrons. The molecule has 0 amide bonds. The Kier molecular flexibility index (Phi) is 3.48. The first-order valence-electron chi connectivity index (χ1n) is 7.00. The van der Waals surface area contributed by atoms with Crippen LogP contribution in [0.5, 0.6) is 5.75 Å². The molecule has 2 aliphatic heterocycles. The molecule has 1 aromatic carbocycles. The summed E-state index contributed by atoms with van der Waals surface area (Å²) in [7, 11) is 1.47. The van der Waals surface area contributed by atoms with Gasteiger partial charge in [-0.2, -0.15) is 0 Å². The van der Waals surface area contributed by atoms with Crippen LogP contribution in [-0.4, -0.2) is 49.2 Å². The molecule has 0 bridgehead atoms. The number of hydrogen-bond donors (Lipinski definition) is 0. The Labute approximate surface area is 118 Å². The molecule has 3 rings (SSSR count). The van der Waals surface area contributed by atoms with E-state index in [4.69, 9.17) is 4.74 Å². The molecule has 0 N–H and O–H groups in total. The van der Waals surface area contributed by atoms with Crippen molar-refractivity contribution in [2.45, 2.75) is 18.9 Å². The number of benzene rings is 1. The average molecular weight is 277 g/mol. The topological polar surface area (TPSA) is 58.8 Å². The number of nitrogens with zero attached hydrogens (tertiary/aromatic N) is 3. The van der Waals surface area contributed by atoms with Crippen LogP contribution < -0.4 is 9.64 Å². The Hall–Kier alpha value is -1.82. The highest BCUT2D eigenvalue weighted by Gasteiger charge is 2.31. The van der Waals surface area contributed by atoms with E-state index in [9.17, 15) is 10.1 Å². The molecule has 2 aliphatic rings. The van der Waals surface area contributed by atoms with Gasteiger partial charge >= 0.3 is 5.69 Å². The summed E-state index contributed by atoms with van der Waals surface area (Å²) in [6, 6.07) is 5.77. The van der Waals surface area contributed by atoms with Crippen LogP contribution in [0.1, 0.15) is 12.8 Å². The van der Waals surface area contributed by atoms with E-state index in [-0.39, 0.29) is 5.69 Å². The Morgan fingerprint density at radius 2 is 2.20 bits per heavy atom. The number of rotatable bonds is 3. The molecule has 1 aromatic rings. The van der Waals surface area contributed by atoms with Crippen LogP contribution in [0.4, 0.5) is 11.4 Å². The van der Waals surface area contributed by atoms with Crippen molar-refractivity contribution in [1.29, 1.82) is 0 Å². The third kappa shape index (κ3) is 2.31. The van der Waals surface area contributed by atoms with Gasteiger partial charge < -0.3 is 9.64 Å². The number of piperazine rings is 1. The zero-order valence-electron chi connectivity index (χ0n) is 11.6. The second kappa shape index (κ2) is 5.28. The van der Waals surface area contributed by atoms with Gasteiger partial charge in [0.05, 0.1) is 12.0 Å². The molecular weight excluding hydrogens is 258 g/mol. The minimum Gasteiger partial charge on any atom is -0.490 e. The molecule has 6 nitrogen and oxygen atoms in total. The van der Waals surface area contributed by atoms with Crippen LogP contribution in [0.15, 0.2) is 18.2 Å². The zero-order chi connectivity index (χ0) is 14.1. The molecule has 20 heavy (non-hydrogen) atoms. The van der Waals surface area contributed by atoms with Gasteiger partial charge in [-0.3, -0.25) is 15.0 Å². The molecule has 2 saturated heterocycles. The van der Waals surface area contributed by atoms with E-state index in [1.54, 1.807) is 6.07 Å². The summed E-state index contributed by atoms with van der Waals surface area (Å²) in [6.45, 7) is 4.25. The molecule has 1 unspecified atom stereocenters. The number of fused-ring (bicyclic) bond motifs is 1. The number of nitro benzene ring substituents is 1. The summed E-state index contributed by atoms with van der Waals surface area (Å²) in [5.74, 6) is 0.335. The summed E-state index contributed by atoms with van der Waals surface area (Å²) < 4.78 is 5.15. The van der Waals surface area contributed by atoms with Crippen LogP contribution >= 0.6 is 0 Å². The molecule has 2 heterocycles. The van der Waals surface area contributed by atoms with Gasteiger partial charge in [-0.15, -0.1) is 0 Å². The highest BCUT2D eigenvalue weighted by atomic mass is 16.6. The van der Waals surface area contributed by atoms with Crippen molar-refractivity contribution >= 4 is 11.4 Å². The monoisotopic (exact) mass is 277 g/mol. The summed E-state index contributed by atoms with van der Waals surface area (Å²) >= 11 is 0. The van der Waals surface area contributed by atoms with E-state index in [1.165, 1.54) is 32.6 Å². The predicted molar refractivity (Wildman–Crippen MR) is 76.5 cm³/mol. The summed E-state index contributed by atoms with van der Waals surface area (Å²) in [6.07, 6.45) is 2.53. The Morgan fingerprint density at radius 3 is 2.95 bits per heavy atom. The first-order chi connectivity index (χ1) is 9.69. The lowest BCUT2D eigenvalue weighted by molar-refractivity contribution is -0.385. The van der Waals surface area contributed by atoms with Crippen molar-refractivity contribution in [2.24, 2.45) is 0 Å². The first kappa shape index (κ1) is 13.2. The van der Waals surface area contributed by atoms with Gasteiger partial charge in [0.25, 0.3) is 0 Å². The van der Waals surface area contributed by atoms with Crippen LogP contribution in [0.3, 0.4) is 0 Å². The zero-order valence-corrected chi connectivity index (χ0v) is 11.6. The molecule has 2 fully saturated rings. The third-order valence-electron chi connectivity index (χ3n) is 4.31. The van der Waals surface area contributed by atoms with E-state index >= 15 is 0 Å². The summed E-state index contributed by atoms with van der Waals surface area (Å²) in [5, 5.41) is 10.9. The van der Waals surface area contributed by atoms with Crippen molar-refractivity contribution in [2.75, 3.05) is 38.2 Å². The lowest BCUT2D eigenvalue weighted by atomic mass is 10.1. The Bertz CT molecular complexity index is 520. The normalized spacial score (nSPS) is 22.6. The molecular formula is C14H19N3O3. The number of ether oxygens (including phenoxy) is 1. The maximum absolute atomic E-state index is 10.9. The van der Waals surface area contributed by atoms with Crippen molar-refractivity contribution in [3.63, 3.8) is 0 Å². The number of methoxy groups -OCH3 is 1. The van der Waals surface area contributed by atoms with Crippen LogP contribution in [0.2, 0.25) is 0 Å². The van der Waals surface area contributed by atoms with Gasteiger partial charge in [-0.25, -0.2) is 0 Å². The minimum absolute atomic E-state index is 0.0238. The van der Waals surface area contributed by atoms with Crippen LogP contribution in [0, 0.1) is 10.1 Å². The minimum atomic E-state index is -0.405. The highest BCUT2D eigenvalue weighted by molar-refractivity contribution is 5.59. The fraction of sp³-hybridized carbons (Fsp3) is 0.571. The average Bonchev–Trinajstić information content (AvgIpc) is 2.93. The fourth-order valence-corrected chi connectivity index (χ4v) is 3.24. The quantitative estimate of drug-likeness (QED) is 0.623. The number of anilines is 1. The molecule has 6 heteroatoms. The number of nitro groups is 1. The maximum atomic E-state index is 10.9. The van der Waals surface area contributed by atoms with E-state index < -0.39 is 4.92 Å². The van der Waals surface area contributed by atoms with Crippen molar-refractivity contribution in [3.05, 3.63) is 28.3 Å². The van der Waals surface area contributed by atoms with E-state index in [1.807, 2.05) is 6.07 Å². The molecule has 0 aliphatic carbocycles. The highest BCUT2D eigenvalue weighted by Crippen LogP contribution is 2.33. The van der Waals surface area contributed by atoms with Gasteiger partial charge in [0.2, 0.25) is 0 Å². The van der Waals surface area contributed by atoms with Crippen molar-refractivity contribution in [1.82, 2.24) is 4.90 Å².